The molecule has 0 aliphatic carbocycles. The first kappa shape index (κ1) is 16.4. The molecule has 7 nitrogen and oxygen atoms in total. The van der Waals surface area contributed by atoms with Crippen LogP contribution in [-0.2, 0) is 26.6 Å². The number of aryl methyl sites for hydroxylation is 1. The van der Waals surface area contributed by atoms with E-state index in [4.69, 9.17) is 9.88 Å². The zero-order valence-electron chi connectivity index (χ0n) is 13.5. The molecule has 0 fully saturated rings. The number of nitrogens with zero attached hydrogens (tertiary/aromatic N) is 2. The van der Waals surface area contributed by atoms with Crippen molar-refractivity contribution in [2.24, 2.45) is 12.2 Å². The Kier molecular flexibility index (Phi) is 3.61. The number of sulfonamides is 1. The van der Waals surface area contributed by atoms with Crippen LogP contribution in [0.4, 0.5) is 0 Å². The molecule has 8 heteroatoms. The van der Waals surface area contributed by atoms with E-state index in [2.05, 4.69) is 5.10 Å². The molecule has 0 radical (unpaired) electrons. The zero-order valence-corrected chi connectivity index (χ0v) is 14.3. The smallest absolute Gasteiger partial charge is 0.238 e. The number of hydrogen-bond acceptors (Lipinski definition) is 5. The van der Waals surface area contributed by atoms with Gasteiger partial charge >= 0.3 is 0 Å². The summed E-state index contributed by atoms with van der Waals surface area (Å²) in [5.74, 6) is 0.250. The Labute approximate surface area is 139 Å². The lowest BCUT2D eigenvalue weighted by Gasteiger charge is -2.17. The topological polar surface area (TPSA) is 104 Å². The van der Waals surface area contributed by atoms with Gasteiger partial charge in [0.2, 0.25) is 15.8 Å². The number of carbonyl (C=O) groups is 1. The Bertz CT molecular complexity index is 953. The number of ether oxygens (including phenoxy) is 1. The van der Waals surface area contributed by atoms with Gasteiger partial charge in [-0.2, -0.15) is 5.10 Å². The maximum absolute atomic E-state index is 12.7. The number of nitrogens with two attached hydrogens (primary N) is 1. The maximum atomic E-state index is 12.7. The molecule has 0 saturated heterocycles. The first-order valence-corrected chi connectivity index (χ1v) is 8.74. The van der Waals surface area contributed by atoms with Crippen molar-refractivity contribution in [3.8, 4) is 0 Å². The van der Waals surface area contributed by atoms with Crippen molar-refractivity contribution in [3.63, 3.8) is 0 Å². The third-order valence-electron chi connectivity index (χ3n) is 3.80. The fraction of sp³-hybridized carbons (Fsp3) is 0.250. The van der Waals surface area contributed by atoms with Gasteiger partial charge in [-0.25, -0.2) is 13.6 Å². The van der Waals surface area contributed by atoms with Gasteiger partial charge < -0.3 is 4.74 Å². The van der Waals surface area contributed by atoms with Gasteiger partial charge in [-0.3, -0.25) is 9.48 Å². The van der Waals surface area contributed by atoms with Gasteiger partial charge in [0.15, 0.2) is 5.60 Å². The molecule has 0 atom stereocenters. The highest BCUT2D eigenvalue weighted by atomic mass is 32.2. The largest absolute Gasteiger partial charge is 0.478 e. The highest BCUT2D eigenvalue weighted by Crippen LogP contribution is 2.41. The van der Waals surface area contributed by atoms with E-state index in [1.807, 2.05) is 0 Å². The van der Waals surface area contributed by atoms with E-state index >= 15 is 0 Å². The summed E-state index contributed by atoms with van der Waals surface area (Å²) in [5.41, 5.74) is 0.675. The number of Topliss-reactive ketones (excluding diaryl/α,β-unsaturated/α-hetero) is 1. The van der Waals surface area contributed by atoms with Crippen molar-refractivity contribution in [2.45, 2.75) is 24.3 Å². The second kappa shape index (κ2) is 5.29. The molecule has 2 aromatic rings. The Morgan fingerprint density at radius 3 is 2.29 bits per heavy atom. The fourth-order valence-corrected chi connectivity index (χ4v) is 3.08. The summed E-state index contributed by atoms with van der Waals surface area (Å²) in [7, 11) is -2.02. The summed E-state index contributed by atoms with van der Waals surface area (Å²) in [6.07, 6.45) is 3.33. The molecule has 2 N–H and O–H groups in total. The molecule has 0 unspecified atom stereocenters. The van der Waals surface area contributed by atoms with E-state index in [-0.39, 0.29) is 10.7 Å². The number of ketones is 1. The molecule has 1 aromatic heterocycles. The third kappa shape index (κ3) is 2.74. The molecular weight excluding hydrogens is 330 g/mol. The van der Waals surface area contributed by atoms with Gasteiger partial charge in [-0.05, 0) is 38.1 Å². The monoisotopic (exact) mass is 347 g/mol. The van der Waals surface area contributed by atoms with Crippen LogP contribution in [0.1, 0.15) is 25.0 Å². The number of aromatic nitrogens is 2. The van der Waals surface area contributed by atoms with Crippen molar-refractivity contribution in [1.29, 1.82) is 0 Å². The second-order valence-electron chi connectivity index (χ2n) is 6.12. The van der Waals surface area contributed by atoms with E-state index in [0.717, 1.165) is 0 Å². The molecule has 0 bridgehead atoms. The van der Waals surface area contributed by atoms with Gasteiger partial charge in [-0.1, -0.05) is 0 Å². The van der Waals surface area contributed by atoms with Crippen LogP contribution >= 0.6 is 0 Å². The normalized spacial score (nSPS) is 17.2. The van der Waals surface area contributed by atoms with Gasteiger partial charge in [0.05, 0.1) is 16.7 Å². The maximum Gasteiger partial charge on any atom is 0.238 e. The van der Waals surface area contributed by atoms with E-state index in [1.165, 1.54) is 12.1 Å². The molecule has 0 saturated carbocycles. The average Bonchev–Trinajstić information content (AvgIpc) is 3.00. The quantitative estimate of drug-likeness (QED) is 0.901. The number of rotatable bonds is 3. The van der Waals surface area contributed by atoms with Crippen molar-refractivity contribution in [1.82, 2.24) is 9.78 Å². The summed E-state index contributed by atoms with van der Waals surface area (Å²) < 4.78 is 30.2. The summed E-state index contributed by atoms with van der Waals surface area (Å²) in [4.78, 5) is 12.7. The minimum absolute atomic E-state index is 0.00152. The Hall–Kier alpha value is -2.45. The predicted molar refractivity (Wildman–Crippen MR) is 88.0 cm³/mol. The summed E-state index contributed by atoms with van der Waals surface area (Å²) in [6.45, 7) is 3.38. The summed E-state index contributed by atoms with van der Waals surface area (Å²) in [5, 5.41) is 9.21. The lowest BCUT2D eigenvalue weighted by molar-refractivity contribution is -0.125. The molecule has 1 aliphatic rings. The van der Waals surface area contributed by atoms with Crippen LogP contribution in [0.3, 0.4) is 0 Å². The minimum atomic E-state index is -3.78. The van der Waals surface area contributed by atoms with Crippen LogP contribution in [0, 0.1) is 0 Å². The molecule has 24 heavy (non-hydrogen) atoms. The Morgan fingerprint density at radius 1 is 1.17 bits per heavy atom. The molecule has 0 spiro atoms. The molecule has 1 aromatic carbocycles. The van der Waals surface area contributed by atoms with Crippen molar-refractivity contribution >= 4 is 27.1 Å². The SMILES string of the molecule is Cn1cc(C2=C(c3ccc(S(N)(=O)=O)cc3)OC(C)(C)C2=O)cn1. The molecular formula is C16H17N3O4S. The molecule has 2 heterocycles. The van der Waals surface area contributed by atoms with Gasteiger partial charge in [0.25, 0.3) is 0 Å². The van der Waals surface area contributed by atoms with Crippen LogP contribution in [-0.4, -0.2) is 29.6 Å². The first-order valence-electron chi connectivity index (χ1n) is 7.20. The average molecular weight is 347 g/mol. The second-order valence-corrected chi connectivity index (χ2v) is 7.68. The zero-order chi connectivity index (χ0) is 17.7. The fourth-order valence-electron chi connectivity index (χ4n) is 2.57. The number of benzene rings is 1. The van der Waals surface area contributed by atoms with E-state index < -0.39 is 15.6 Å². The highest BCUT2D eigenvalue weighted by molar-refractivity contribution is 7.89. The summed E-state index contributed by atoms with van der Waals surface area (Å²) in [6, 6.07) is 5.91. The van der Waals surface area contributed by atoms with E-state index in [0.29, 0.717) is 22.5 Å². The molecule has 3 rings (SSSR count). The standard InChI is InChI=1S/C16H17N3O4S/c1-16(2)15(20)13(11-8-18-19(3)9-11)14(23-16)10-4-6-12(7-5-10)24(17,21)22/h4-9H,1-3H3,(H2,17,21,22). The van der Waals surface area contributed by atoms with Crippen LogP contribution in [0.25, 0.3) is 11.3 Å². The lowest BCUT2D eigenvalue weighted by Crippen LogP contribution is -2.29. The Balaban J connectivity index is 2.15. The van der Waals surface area contributed by atoms with Gasteiger partial charge in [0, 0.05) is 24.4 Å². The van der Waals surface area contributed by atoms with E-state index in [1.54, 1.807) is 50.1 Å². The van der Waals surface area contributed by atoms with Crippen molar-refractivity contribution in [3.05, 3.63) is 47.8 Å². The van der Waals surface area contributed by atoms with Crippen LogP contribution in [0.2, 0.25) is 0 Å². The number of primary sulfonamides is 1. The number of carbonyl (C=O) groups excluding carboxylic acids is 1. The molecule has 126 valence electrons. The lowest BCUT2D eigenvalue weighted by atomic mass is 9.94. The minimum Gasteiger partial charge on any atom is -0.478 e. The Morgan fingerprint density at radius 2 is 1.79 bits per heavy atom. The van der Waals surface area contributed by atoms with Crippen LogP contribution < -0.4 is 5.14 Å². The number of hydrogen-bond donors (Lipinski definition) is 1. The van der Waals surface area contributed by atoms with Crippen LogP contribution in [0.15, 0.2) is 41.6 Å². The first-order chi connectivity index (χ1) is 11.1. The van der Waals surface area contributed by atoms with Crippen molar-refractivity contribution in [2.75, 3.05) is 0 Å². The van der Waals surface area contributed by atoms with Gasteiger partial charge in [-0.15, -0.1) is 0 Å². The third-order valence-corrected chi connectivity index (χ3v) is 4.73. The molecule has 0 amide bonds. The van der Waals surface area contributed by atoms with E-state index in [9.17, 15) is 13.2 Å². The highest BCUT2D eigenvalue weighted by Gasteiger charge is 2.43. The van der Waals surface area contributed by atoms with Crippen LogP contribution in [0.5, 0.6) is 0 Å². The van der Waals surface area contributed by atoms with Gasteiger partial charge in [0.1, 0.15) is 5.76 Å². The molecule has 1 aliphatic heterocycles. The van der Waals surface area contributed by atoms with Crippen molar-refractivity contribution < 1.29 is 17.9 Å². The predicted octanol–water partition coefficient (Wildman–Crippen LogP) is 1.31. The summed E-state index contributed by atoms with van der Waals surface area (Å²) >= 11 is 0.